The van der Waals surface area contributed by atoms with Gasteiger partial charge in [-0.1, -0.05) is 43.1 Å². The molecule has 0 unspecified atom stereocenters. The summed E-state index contributed by atoms with van der Waals surface area (Å²) in [5.74, 6) is 0.985. The first kappa shape index (κ1) is 15.7. The standard InChI is InChI=1S/C18H19ClN4/c1-11(2)17-18(23-10-14(19)6-8-16(23)20-17)22-21-15-7-5-12(3)9-13(15)4/h5-11H,1-4H3. The van der Waals surface area contributed by atoms with Gasteiger partial charge in [0.15, 0.2) is 5.82 Å². The molecule has 0 bridgehead atoms. The number of aryl methyl sites for hydroxylation is 2. The summed E-state index contributed by atoms with van der Waals surface area (Å²) < 4.78 is 1.89. The van der Waals surface area contributed by atoms with Crippen LogP contribution in [0.5, 0.6) is 0 Å². The molecule has 4 nitrogen and oxygen atoms in total. The molecule has 0 fully saturated rings. The maximum absolute atomic E-state index is 6.12. The number of pyridine rings is 1. The number of aromatic nitrogens is 2. The van der Waals surface area contributed by atoms with Gasteiger partial charge in [0.25, 0.3) is 0 Å². The molecule has 23 heavy (non-hydrogen) atoms. The summed E-state index contributed by atoms with van der Waals surface area (Å²) >= 11 is 6.12. The predicted octanol–water partition coefficient (Wildman–Crippen LogP) is 6.14. The van der Waals surface area contributed by atoms with Crippen LogP contribution in [0.15, 0.2) is 46.8 Å². The number of imidazole rings is 1. The number of halogens is 1. The Morgan fingerprint density at radius 2 is 1.87 bits per heavy atom. The second kappa shape index (κ2) is 6.13. The zero-order valence-corrected chi connectivity index (χ0v) is 14.5. The SMILES string of the molecule is Cc1ccc(N=Nc2c(C(C)C)nc3ccc(Cl)cn23)c(C)c1. The summed E-state index contributed by atoms with van der Waals surface area (Å²) in [6, 6.07) is 9.85. The first-order valence-electron chi connectivity index (χ1n) is 7.62. The Morgan fingerprint density at radius 3 is 2.57 bits per heavy atom. The molecule has 0 amide bonds. The molecule has 0 aliphatic rings. The van der Waals surface area contributed by atoms with Gasteiger partial charge in [-0.3, -0.25) is 4.40 Å². The van der Waals surface area contributed by atoms with Crippen molar-refractivity contribution in [1.82, 2.24) is 9.38 Å². The smallest absolute Gasteiger partial charge is 0.183 e. The van der Waals surface area contributed by atoms with Crippen LogP contribution in [0.1, 0.15) is 36.6 Å². The van der Waals surface area contributed by atoms with E-state index in [0.29, 0.717) is 5.02 Å². The third-order valence-corrected chi connectivity index (χ3v) is 3.96. The lowest BCUT2D eigenvalue weighted by molar-refractivity contribution is 0.831. The summed E-state index contributed by atoms with van der Waals surface area (Å²) in [7, 11) is 0. The van der Waals surface area contributed by atoms with Crippen LogP contribution in [0.25, 0.3) is 5.65 Å². The Labute approximate surface area is 140 Å². The predicted molar refractivity (Wildman–Crippen MR) is 94.4 cm³/mol. The number of rotatable bonds is 3. The largest absolute Gasteiger partial charge is 0.281 e. The highest BCUT2D eigenvalue weighted by Crippen LogP contribution is 2.31. The second-order valence-corrected chi connectivity index (χ2v) is 6.48. The number of nitrogens with zero attached hydrogens (tertiary/aromatic N) is 4. The topological polar surface area (TPSA) is 42.0 Å². The van der Waals surface area contributed by atoms with Crippen molar-refractivity contribution in [3.05, 3.63) is 58.4 Å². The van der Waals surface area contributed by atoms with Gasteiger partial charge in [0, 0.05) is 6.20 Å². The van der Waals surface area contributed by atoms with Crippen LogP contribution in [0.4, 0.5) is 11.5 Å². The lowest BCUT2D eigenvalue weighted by Gasteiger charge is -2.03. The number of hydrogen-bond donors (Lipinski definition) is 0. The Bertz CT molecular complexity index is 893. The molecule has 0 radical (unpaired) electrons. The molecule has 2 heterocycles. The zero-order valence-electron chi connectivity index (χ0n) is 13.7. The lowest BCUT2D eigenvalue weighted by atomic mass is 10.1. The summed E-state index contributed by atoms with van der Waals surface area (Å²) in [5, 5.41) is 9.56. The molecule has 5 heteroatoms. The quantitative estimate of drug-likeness (QED) is 0.533. The van der Waals surface area contributed by atoms with E-state index in [2.05, 4.69) is 42.1 Å². The minimum Gasteiger partial charge on any atom is -0.281 e. The molecule has 0 saturated carbocycles. The van der Waals surface area contributed by atoms with E-state index in [1.807, 2.05) is 41.8 Å². The van der Waals surface area contributed by atoms with Crippen LogP contribution >= 0.6 is 11.6 Å². The van der Waals surface area contributed by atoms with Crippen molar-refractivity contribution in [3.63, 3.8) is 0 Å². The average molecular weight is 327 g/mol. The van der Waals surface area contributed by atoms with E-state index < -0.39 is 0 Å². The molecule has 0 N–H and O–H groups in total. The fraction of sp³-hybridized carbons (Fsp3) is 0.278. The Hall–Kier alpha value is -2.20. The fourth-order valence-corrected chi connectivity index (χ4v) is 2.69. The summed E-state index contributed by atoms with van der Waals surface area (Å²) in [4.78, 5) is 4.65. The number of benzene rings is 1. The van der Waals surface area contributed by atoms with Crippen molar-refractivity contribution in [2.24, 2.45) is 10.2 Å². The van der Waals surface area contributed by atoms with E-state index in [1.165, 1.54) is 5.56 Å². The zero-order chi connectivity index (χ0) is 16.6. The molecule has 0 atom stereocenters. The van der Waals surface area contributed by atoms with Gasteiger partial charge in [-0.05, 0) is 43.5 Å². The van der Waals surface area contributed by atoms with Gasteiger partial charge in [-0.15, -0.1) is 10.2 Å². The van der Waals surface area contributed by atoms with Gasteiger partial charge in [0.05, 0.1) is 16.4 Å². The molecular formula is C18H19ClN4. The van der Waals surface area contributed by atoms with E-state index in [4.69, 9.17) is 11.6 Å². The third-order valence-electron chi connectivity index (χ3n) is 3.73. The highest BCUT2D eigenvalue weighted by Gasteiger charge is 2.15. The molecule has 3 rings (SSSR count). The van der Waals surface area contributed by atoms with Crippen LogP contribution in [-0.4, -0.2) is 9.38 Å². The maximum Gasteiger partial charge on any atom is 0.183 e. The molecule has 0 saturated heterocycles. The monoisotopic (exact) mass is 326 g/mol. The van der Waals surface area contributed by atoms with E-state index in [0.717, 1.165) is 28.4 Å². The van der Waals surface area contributed by atoms with Crippen LogP contribution in [-0.2, 0) is 0 Å². The van der Waals surface area contributed by atoms with Gasteiger partial charge in [-0.25, -0.2) is 4.98 Å². The highest BCUT2D eigenvalue weighted by atomic mass is 35.5. The van der Waals surface area contributed by atoms with Crippen LogP contribution < -0.4 is 0 Å². The van der Waals surface area contributed by atoms with Crippen molar-refractivity contribution in [3.8, 4) is 0 Å². The van der Waals surface area contributed by atoms with Crippen molar-refractivity contribution in [1.29, 1.82) is 0 Å². The molecule has 118 valence electrons. The molecule has 0 aliphatic carbocycles. The molecule has 0 spiro atoms. The molecule has 3 aromatic rings. The summed E-state index contributed by atoms with van der Waals surface area (Å²) in [6.07, 6.45) is 1.83. The van der Waals surface area contributed by atoms with Crippen molar-refractivity contribution < 1.29 is 0 Å². The van der Waals surface area contributed by atoms with Crippen molar-refractivity contribution in [2.75, 3.05) is 0 Å². The lowest BCUT2D eigenvalue weighted by Crippen LogP contribution is -1.88. The minimum absolute atomic E-state index is 0.252. The van der Waals surface area contributed by atoms with Crippen LogP contribution in [0, 0.1) is 13.8 Å². The second-order valence-electron chi connectivity index (χ2n) is 6.04. The van der Waals surface area contributed by atoms with Gasteiger partial charge in [-0.2, -0.15) is 0 Å². The molecular weight excluding hydrogens is 308 g/mol. The average Bonchev–Trinajstić information content (AvgIpc) is 2.84. The molecule has 1 aromatic carbocycles. The van der Waals surface area contributed by atoms with Crippen molar-refractivity contribution in [2.45, 2.75) is 33.6 Å². The minimum atomic E-state index is 0.252. The number of hydrogen-bond acceptors (Lipinski definition) is 3. The number of fused-ring (bicyclic) bond motifs is 1. The highest BCUT2D eigenvalue weighted by molar-refractivity contribution is 6.30. The van der Waals surface area contributed by atoms with Gasteiger partial charge < -0.3 is 0 Å². The van der Waals surface area contributed by atoms with Crippen molar-refractivity contribution >= 4 is 28.8 Å². The van der Waals surface area contributed by atoms with E-state index in [9.17, 15) is 0 Å². The Balaban J connectivity index is 2.12. The molecule has 0 aliphatic heterocycles. The van der Waals surface area contributed by atoms with Crippen LogP contribution in [0.3, 0.4) is 0 Å². The van der Waals surface area contributed by atoms with E-state index in [1.54, 1.807) is 0 Å². The van der Waals surface area contributed by atoms with Gasteiger partial charge in [0.1, 0.15) is 5.65 Å². The van der Waals surface area contributed by atoms with Crippen LogP contribution in [0.2, 0.25) is 5.02 Å². The third kappa shape index (κ3) is 3.13. The number of azo groups is 1. The Morgan fingerprint density at radius 1 is 1.09 bits per heavy atom. The van der Waals surface area contributed by atoms with Gasteiger partial charge in [0.2, 0.25) is 0 Å². The van der Waals surface area contributed by atoms with E-state index >= 15 is 0 Å². The Kier molecular flexibility index (Phi) is 4.18. The first-order chi connectivity index (χ1) is 11.0. The normalized spacial score (nSPS) is 11.9. The summed E-state index contributed by atoms with van der Waals surface area (Å²) in [6.45, 7) is 8.30. The maximum atomic E-state index is 6.12. The first-order valence-corrected chi connectivity index (χ1v) is 8.00. The van der Waals surface area contributed by atoms with E-state index in [-0.39, 0.29) is 5.92 Å². The fourth-order valence-electron chi connectivity index (χ4n) is 2.53. The summed E-state index contributed by atoms with van der Waals surface area (Å²) in [5.41, 5.74) is 4.92. The van der Waals surface area contributed by atoms with Gasteiger partial charge >= 0.3 is 0 Å². The molecule has 2 aromatic heterocycles.